The lowest BCUT2D eigenvalue weighted by atomic mass is 9.96. The molecule has 1 aliphatic rings. The monoisotopic (exact) mass is 253 g/mol. The number of rotatable bonds is 5. The Morgan fingerprint density at radius 3 is 2.67 bits per heavy atom. The highest BCUT2D eigenvalue weighted by molar-refractivity contribution is 5.21. The quantitative estimate of drug-likeness (QED) is 0.876. The third-order valence-electron chi connectivity index (χ3n) is 3.34. The van der Waals surface area contributed by atoms with E-state index in [0.29, 0.717) is 24.8 Å². The van der Waals surface area contributed by atoms with Crippen molar-refractivity contribution in [3.8, 4) is 5.75 Å². The molecule has 1 aromatic carbocycles. The molecule has 0 amide bonds. The number of halogens is 1. The zero-order chi connectivity index (χ0) is 12.8. The first-order valence-electron chi connectivity index (χ1n) is 6.48. The second-order valence-electron chi connectivity index (χ2n) is 4.73. The van der Waals surface area contributed by atoms with E-state index in [4.69, 9.17) is 15.2 Å². The minimum atomic E-state index is -0.240. The summed E-state index contributed by atoms with van der Waals surface area (Å²) in [5.74, 6) is 1.03. The molecule has 2 rings (SSSR count). The third kappa shape index (κ3) is 3.96. The van der Waals surface area contributed by atoms with Crippen LogP contribution in [0.3, 0.4) is 0 Å². The van der Waals surface area contributed by atoms with Crippen LogP contribution < -0.4 is 10.5 Å². The molecule has 1 aliphatic heterocycles. The van der Waals surface area contributed by atoms with Gasteiger partial charge >= 0.3 is 0 Å². The Kier molecular flexibility index (Phi) is 4.96. The maximum Gasteiger partial charge on any atom is 0.123 e. The van der Waals surface area contributed by atoms with Gasteiger partial charge in [-0.2, -0.15) is 0 Å². The summed E-state index contributed by atoms with van der Waals surface area (Å²) in [7, 11) is 0. The third-order valence-corrected chi connectivity index (χ3v) is 3.34. The van der Waals surface area contributed by atoms with Crippen molar-refractivity contribution < 1.29 is 13.9 Å². The van der Waals surface area contributed by atoms with Crippen LogP contribution in [0.25, 0.3) is 0 Å². The van der Waals surface area contributed by atoms with Gasteiger partial charge in [0.15, 0.2) is 0 Å². The summed E-state index contributed by atoms with van der Waals surface area (Å²) >= 11 is 0. The van der Waals surface area contributed by atoms with Crippen LogP contribution in [0.2, 0.25) is 0 Å². The molecule has 100 valence electrons. The van der Waals surface area contributed by atoms with Crippen molar-refractivity contribution in [2.45, 2.75) is 25.4 Å². The van der Waals surface area contributed by atoms with Crippen LogP contribution in [0.15, 0.2) is 24.3 Å². The van der Waals surface area contributed by atoms with Crippen molar-refractivity contribution in [1.29, 1.82) is 0 Å². The number of hydrogen-bond acceptors (Lipinski definition) is 3. The van der Waals surface area contributed by atoms with Crippen molar-refractivity contribution in [2.75, 3.05) is 19.8 Å². The topological polar surface area (TPSA) is 44.5 Å². The van der Waals surface area contributed by atoms with E-state index < -0.39 is 0 Å². The highest BCUT2D eigenvalue weighted by Gasteiger charge is 2.20. The Morgan fingerprint density at radius 1 is 1.28 bits per heavy atom. The summed E-state index contributed by atoms with van der Waals surface area (Å²) in [6, 6.07) is 6.12. The summed E-state index contributed by atoms with van der Waals surface area (Å²) in [6.45, 7) is 2.03. The highest BCUT2D eigenvalue weighted by Crippen LogP contribution is 2.21. The number of nitrogens with two attached hydrogens (primary N) is 1. The second-order valence-corrected chi connectivity index (χ2v) is 4.73. The first kappa shape index (κ1) is 13.3. The zero-order valence-electron chi connectivity index (χ0n) is 10.5. The molecule has 2 unspecified atom stereocenters. The van der Waals surface area contributed by atoms with Crippen molar-refractivity contribution in [1.82, 2.24) is 0 Å². The lowest BCUT2D eigenvalue weighted by Crippen LogP contribution is -2.32. The molecule has 18 heavy (non-hydrogen) atoms. The summed E-state index contributed by atoms with van der Waals surface area (Å²) < 4.78 is 23.9. The summed E-state index contributed by atoms with van der Waals surface area (Å²) in [5.41, 5.74) is 5.56. The fourth-order valence-electron chi connectivity index (χ4n) is 2.15. The molecular weight excluding hydrogens is 233 g/mol. The molecule has 0 aliphatic carbocycles. The van der Waals surface area contributed by atoms with Crippen molar-refractivity contribution >= 4 is 0 Å². The highest BCUT2D eigenvalue weighted by atomic mass is 19.1. The van der Waals surface area contributed by atoms with Crippen LogP contribution in [-0.4, -0.2) is 25.9 Å². The molecular formula is C14H20FNO2. The van der Waals surface area contributed by atoms with E-state index in [9.17, 15) is 4.39 Å². The van der Waals surface area contributed by atoms with E-state index in [2.05, 4.69) is 0 Å². The molecule has 0 spiro atoms. The van der Waals surface area contributed by atoms with Crippen molar-refractivity contribution in [3.63, 3.8) is 0 Å². The molecule has 1 saturated heterocycles. The van der Waals surface area contributed by atoms with Crippen LogP contribution in [-0.2, 0) is 4.74 Å². The molecule has 0 bridgehead atoms. The van der Waals surface area contributed by atoms with Gasteiger partial charge in [0.1, 0.15) is 11.6 Å². The van der Waals surface area contributed by atoms with Gasteiger partial charge in [0.2, 0.25) is 0 Å². The average Bonchev–Trinajstić information content (AvgIpc) is 2.42. The van der Waals surface area contributed by atoms with Gasteiger partial charge in [-0.1, -0.05) is 0 Å². The van der Waals surface area contributed by atoms with Gasteiger partial charge in [0.05, 0.1) is 12.7 Å². The summed E-state index contributed by atoms with van der Waals surface area (Å²) in [5, 5.41) is 0. The number of ether oxygens (including phenoxy) is 2. The smallest absolute Gasteiger partial charge is 0.123 e. The predicted molar refractivity (Wildman–Crippen MR) is 68.0 cm³/mol. The van der Waals surface area contributed by atoms with E-state index in [1.54, 1.807) is 12.1 Å². The first-order chi connectivity index (χ1) is 8.78. The van der Waals surface area contributed by atoms with E-state index in [1.807, 2.05) is 0 Å². The molecule has 1 fully saturated rings. The number of benzene rings is 1. The van der Waals surface area contributed by atoms with Crippen LogP contribution >= 0.6 is 0 Å². The number of hydrogen-bond donors (Lipinski definition) is 1. The van der Waals surface area contributed by atoms with Gasteiger partial charge in [0, 0.05) is 13.2 Å². The van der Waals surface area contributed by atoms with Gasteiger partial charge < -0.3 is 15.2 Å². The van der Waals surface area contributed by atoms with Gasteiger partial charge in [-0.15, -0.1) is 0 Å². The minimum absolute atomic E-state index is 0.235. The molecule has 2 N–H and O–H groups in total. The molecule has 0 saturated carbocycles. The fourth-order valence-corrected chi connectivity index (χ4v) is 2.15. The lowest BCUT2D eigenvalue weighted by Gasteiger charge is -2.28. The minimum Gasteiger partial charge on any atom is -0.494 e. The second kappa shape index (κ2) is 6.71. The standard InChI is InChI=1S/C14H20FNO2/c15-12-2-5-13(6-3-12)17-8-7-11-1-4-14(9-16)18-10-11/h2-3,5-6,11,14H,1,4,7-10,16H2. The SMILES string of the molecule is NCC1CCC(CCOc2ccc(F)cc2)CO1. The maximum absolute atomic E-state index is 12.7. The Hall–Kier alpha value is -1.13. The predicted octanol–water partition coefficient (Wildman–Crippen LogP) is 2.35. The van der Waals surface area contributed by atoms with Crippen LogP contribution in [0, 0.1) is 11.7 Å². The Balaban J connectivity index is 1.65. The van der Waals surface area contributed by atoms with Gasteiger partial charge in [-0.25, -0.2) is 4.39 Å². The van der Waals surface area contributed by atoms with E-state index in [1.165, 1.54) is 12.1 Å². The first-order valence-corrected chi connectivity index (χ1v) is 6.48. The molecule has 2 atom stereocenters. The molecule has 4 heteroatoms. The summed E-state index contributed by atoms with van der Waals surface area (Å²) in [6.07, 6.45) is 3.39. The van der Waals surface area contributed by atoms with Gasteiger partial charge in [-0.05, 0) is 49.4 Å². The van der Waals surface area contributed by atoms with Gasteiger partial charge in [-0.3, -0.25) is 0 Å². The normalized spacial score (nSPS) is 23.9. The van der Waals surface area contributed by atoms with E-state index in [-0.39, 0.29) is 11.9 Å². The van der Waals surface area contributed by atoms with Crippen LogP contribution in [0.5, 0.6) is 5.75 Å². The van der Waals surface area contributed by atoms with Crippen molar-refractivity contribution in [2.24, 2.45) is 11.7 Å². The van der Waals surface area contributed by atoms with E-state index >= 15 is 0 Å². The van der Waals surface area contributed by atoms with E-state index in [0.717, 1.165) is 25.9 Å². The molecule has 0 aromatic heterocycles. The summed E-state index contributed by atoms with van der Waals surface area (Å²) in [4.78, 5) is 0. The molecule has 1 heterocycles. The lowest BCUT2D eigenvalue weighted by molar-refractivity contribution is -0.0152. The molecule has 3 nitrogen and oxygen atoms in total. The Labute approximate surface area is 107 Å². The Bertz CT molecular complexity index is 347. The van der Waals surface area contributed by atoms with Crippen LogP contribution in [0.1, 0.15) is 19.3 Å². The fraction of sp³-hybridized carbons (Fsp3) is 0.571. The largest absolute Gasteiger partial charge is 0.494 e. The molecule has 0 radical (unpaired) electrons. The maximum atomic E-state index is 12.7. The zero-order valence-corrected chi connectivity index (χ0v) is 10.5. The van der Waals surface area contributed by atoms with Crippen molar-refractivity contribution in [3.05, 3.63) is 30.1 Å². The Morgan fingerprint density at radius 2 is 2.06 bits per heavy atom. The van der Waals surface area contributed by atoms with Gasteiger partial charge in [0.25, 0.3) is 0 Å². The average molecular weight is 253 g/mol. The van der Waals surface area contributed by atoms with Crippen LogP contribution in [0.4, 0.5) is 4.39 Å². The molecule has 1 aromatic rings.